The zero-order valence-corrected chi connectivity index (χ0v) is 18.2. The summed E-state index contributed by atoms with van der Waals surface area (Å²) in [7, 11) is 0. The zero-order chi connectivity index (χ0) is 22.8. The van der Waals surface area contributed by atoms with Crippen molar-refractivity contribution in [2.24, 2.45) is 5.92 Å². The number of para-hydroxylation sites is 1. The summed E-state index contributed by atoms with van der Waals surface area (Å²) in [6.07, 6.45) is 0. The monoisotopic (exact) mass is 434 g/mol. The van der Waals surface area contributed by atoms with Crippen molar-refractivity contribution in [1.82, 2.24) is 0 Å². The predicted molar refractivity (Wildman–Crippen MR) is 120 cm³/mol. The van der Waals surface area contributed by atoms with E-state index in [0.717, 1.165) is 5.75 Å². The first-order chi connectivity index (χ1) is 15.5. The second-order valence-electron chi connectivity index (χ2n) is 7.44. The van der Waals surface area contributed by atoms with Gasteiger partial charge in [-0.1, -0.05) is 32.0 Å². The Morgan fingerprint density at radius 3 is 1.72 bits per heavy atom. The maximum absolute atomic E-state index is 12.4. The van der Waals surface area contributed by atoms with Gasteiger partial charge in [0, 0.05) is 0 Å². The van der Waals surface area contributed by atoms with Crippen LogP contribution < -0.4 is 14.2 Å². The van der Waals surface area contributed by atoms with Gasteiger partial charge in [-0.3, -0.25) is 0 Å². The van der Waals surface area contributed by atoms with Crippen LogP contribution in [0.4, 0.5) is 0 Å². The van der Waals surface area contributed by atoms with E-state index in [0.29, 0.717) is 42.4 Å². The highest BCUT2D eigenvalue weighted by molar-refractivity contribution is 5.92. The van der Waals surface area contributed by atoms with Crippen LogP contribution in [0.1, 0.15) is 34.6 Å². The third kappa shape index (κ3) is 7.16. The average Bonchev–Trinajstić information content (AvgIpc) is 2.82. The van der Waals surface area contributed by atoms with E-state index >= 15 is 0 Å². The molecular weight excluding hydrogens is 408 g/mol. The van der Waals surface area contributed by atoms with Crippen molar-refractivity contribution in [1.29, 1.82) is 0 Å². The molecule has 0 bridgehead atoms. The van der Waals surface area contributed by atoms with E-state index in [-0.39, 0.29) is 5.92 Å². The summed E-state index contributed by atoms with van der Waals surface area (Å²) in [4.78, 5) is 24.3. The van der Waals surface area contributed by atoms with Gasteiger partial charge in [0.15, 0.2) is 0 Å². The highest BCUT2D eigenvalue weighted by Crippen LogP contribution is 2.17. The van der Waals surface area contributed by atoms with Gasteiger partial charge in [-0.05, 0) is 66.6 Å². The number of ether oxygens (including phenoxy) is 4. The largest absolute Gasteiger partial charge is 0.490 e. The standard InChI is InChI=1S/C26H26O6/c1-19(2)18-31-25(27)20-10-14-24(15-11-20)32-26(28)21-8-12-23(13-9-21)30-17-16-29-22-6-4-3-5-7-22/h3-15,19H,16-18H2,1-2H3. The van der Waals surface area contributed by atoms with Crippen LogP contribution in [-0.2, 0) is 4.74 Å². The molecule has 0 atom stereocenters. The van der Waals surface area contributed by atoms with E-state index in [4.69, 9.17) is 18.9 Å². The SMILES string of the molecule is CC(C)COC(=O)c1ccc(OC(=O)c2ccc(OCCOc3ccccc3)cc2)cc1. The lowest BCUT2D eigenvalue weighted by atomic mass is 10.2. The number of carbonyl (C=O) groups excluding carboxylic acids is 2. The molecule has 166 valence electrons. The summed E-state index contributed by atoms with van der Waals surface area (Å²) in [6, 6.07) is 22.4. The lowest BCUT2D eigenvalue weighted by molar-refractivity contribution is 0.0459. The molecule has 32 heavy (non-hydrogen) atoms. The Labute approximate surface area is 187 Å². The molecule has 0 aromatic heterocycles. The van der Waals surface area contributed by atoms with Gasteiger partial charge in [-0.2, -0.15) is 0 Å². The number of benzene rings is 3. The molecule has 0 saturated heterocycles. The molecule has 6 heteroatoms. The molecule has 0 N–H and O–H groups in total. The molecule has 3 aromatic carbocycles. The van der Waals surface area contributed by atoms with Crippen molar-refractivity contribution in [3.63, 3.8) is 0 Å². The Hall–Kier alpha value is -3.80. The van der Waals surface area contributed by atoms with Crippen LogP contribution in [0.15, 0.2) is 78.9 Å². The molecule has 0 amide bonds. The Balaban J connectivity index is 1.45. The number of carbonyl (C=O) groups is 2. The molecule has 0 radical (unpaired) electrons. The van der Waals surface area contributed by atoms with Crippen LogP contribution in [0.5, 0.6) is 17.2 Å². The van der Waals surface area contributed by atoms with Crippen LogP contribution in [0.25, 0.3) is 0 Å². The normalized spacial score (nSPS) is 10.5. The van der Waals surface area contributed by atoms with Crippen LogP contribution in [0, 0.1) is 5.92 Å². The molecule has 0 aliphatic rings. The van der Waals surface area contributed by atoms with Gasteiger partial charge in [0.1, 0.15) is 30.5 Å². The molecular formula is C26H26O6. The van der Waals surface area contributed by atoms with E-state index in [1.54, 1.807) is 48.5 Å². The fraction of sp³-hybridized carbons (Fsp3) is 0.231. The Kier molecular flexibility index (Phi) is 8.26. The second kappa shape index (κ2) is 11.6. The fourth-order valence-electron chi connectivity index (χ4n) is 2.67. The molecule has 0 spiro atoms. The van der Waals surface area contributed by atoms with Gasteiger partial charge in [-0.15, -0.1) is 0 Å². The quantitative estimate of drug-likeness (QED) is 0.249. The molecule has 6 nitrogen and oxygen atoms in total. The second-order valence-corrected chi connectivity index (χ2v) is 7.44. The van der Waals surface area contributed by atoms with Gasteiger partial charge >= 0.3 is 11.9 Å². The minimum Gasteiger partial charge on any atom is -0.490 e. The first kappa shape index (κ1) is 22.9. The van der Waals surface area contributed by atoms with Crippen molar-refractivity contribution < 1.29 is 28.5 Å². The van der Waals surface area contributed by atoms with Crippen LogP contribution >= 0.6 is 0 Å². The highest BCUT2D eigenvalue weighted by atomic mass is 16.5. The molecule has 3 rings (SSSR count). The van der Waals surface area contributed by atoms with E-state index < -0.39 is 11.9 Å². The van der Waals surface area contributed by atoms with Crippen LogP contribution in [0.3, 0.4) is 0 Å². The maximum Gasteiger partial charge on any atom is 0.343 e. The first-order valence-corrected chi connectivity index (χ1v) is 10.4. The number of esters is 2. The number of hydrogen-bond donors (Lipinski definition) is 0. The zero-order valence-electron chi connectivity index (χ0n) is 18.2. The smallest absolute Gasteiger partial charge is 0.343 e. The van der Waals surface area contributed by atoms with Crippen LogP contribution in [0.2, 0.25) is 0 Å². The van der Waals surface area contributed by atoms with Crippen molar-refractivity contribution >= 4 is 11.9 Å². The Morgan fingerprint density at radius 2 is 1.16 bits per heavy atom. The minimum atomic E-state index is -0.501. The Morgan fingerprint density at radius 1 is 0.656 bits per heavy atom. The summed E-state index contributed by atoms with van der Waals surface area (Å²) in [5, 5.41) is 0. The molecule has 0 saturated carbocycles. The van der Waals surface area contributed by atoms with Gasteiger partial charge in [0.2, 0.25) is 0 Å². The fourth-order valence-corrected chi connectivity index (χ4v) is 2.67. The van der Waals surface area contributed by atoms with Crippen molar-refractivity contribution in [2.45, 2.75) is 13.8 Å². The van der Waals surface area contributed by atoms with E-state index in [1.807, 2.05) is 44.2 Å². The number of hydrogen-bond acceptors (Lipinski definition) is 6. The molecule has 0 heterocycles. The van der Waals surface area contributed by atoms with E-state index in [1.165, 1.54) is 0 Å². The molecule has 0 aliphatic carbocycles. The molecule has 3 aromatic rings. The molecule has 0 fully saturated rings. The third-order valence-electron chi connectivity index (χ3n) is 4.30. The maximum atomic E-state index is 12.4. The van der Waals surface area contributed by atoms with Gasteiger partial charge in [-0.25, -0.2) is 9.59 Å². The summed E-state index contributed by atoms with van der Waals surface area (Å²) < 4.78 is 21.8. The summed E-state index contributed by atoms with van der Waals surface area (Å²) in [5.74, 6) is 1.12. The van der Waals surface area contributed by atoms with Crippen LogP contribution in [-0.4, -0.2) is 31.8 Å². The third-order valence-corrected chi connectivity index (χ3v) is 4.30. The summed E-state index contributed by atoms with van der Waals surface area (Å²) in [5.41, 5.74) is 0.793. The average molecular weight is 434 g/mol. The van der Waals surface area contributed by atoms with E-state index in [9.17, 15) is 9.59 Å². The van der Waals surface area contributed by atoms with Crippen molar-refractivity contribution in [3.8, 4) is 17.2 Å². The predicted octanol–water partition coefficient (Wildman–Crippen LogP) is 5.18. The van der Waals surface area contributed by atoms with Gasteiger partial charge in [0.05, 0.1) is 17.7 Å². The topological polar surface area (TPSA) is 71.1 Å². The summed E-state index contributed by atoms with van der Waals surface area (Å²) >= 11 is 0. The molecule has 0 aliphatic heterocycles. The Bertz CT molecular complexity index is 995. The van der Waals surface area contributed by atoms with Crippen molar-refractivity contribution in [3.05, 3.63) is 90.0 Å². The minimum absolute atomic E-state index is 0.263. The summed E-state index contributed by atoms with van der Waals surface area (Å²) in [6.45, 7) is 5.08. The lowest BCUT2D eigenvalue weighted by Gasteiger charge is -2.09. The first-order valence-electron chi connectivity index (χ1n) is 10.4. The number of rotatable bonds is 10. The van der Waals surface area contributed by atoms with Gasteiger partial charge in [0.25, 0.3) is 0 Å². The lowest BCUT2D eigenvalue weighted by Crippen LogP contribution is -2.11. The van der Waals surface area contributed by atoms with Gasteiger partial charge < -0.3 is 18.9 Å². The van der Waals surface area contributed by atoms with Crippen molar-refractivity contribution in [2.75, 3.05) is 19.8 Å². The molecule has 0 unspecified atom stereocenters. The van der Waals surface area contributed by atoms with E-state index in [2.05, 4.69) is 0 Å². The highest BCUT2D eigenvalue weighted by Gasteiger charge is 2.11.